The van der Waals surface area contributed by atoms with Gasteiger partial charge < -0.3 is 15.2 Å². The largest absolute Gasteiger partial charge is 0.481 e. The van der Waals surface area contributed by atoms with Crippen molar-refractivity contribution in [3.05, 3.63) is 84.2 Å². The Hall–Kier alpha value is -3.71. The molecular weight excluding hydrogens is 494 g/mol. The van der Waals surface area contributed by atoms with E-state index in [4.69, 9.17) is 14.8 Å². The minimum atomic E-state index is -0.776. The van der Waals surface area contributed by atoms with Crippen LogP contribution in [0.5, 0.6) is 11.6 Å². The Morgan fingerprint density at radius 1 is 0.974 bits per heavy atom. The van der Waals surface area contributed by atoms with Crippen LogP contribution in [0.2, 0.25) is 0 Å². The van der Waals surface area contributed by atoms with E-state index in [9.17, 15) is 4.79 Å². The van der Waals surface area contributed by atoms with Crippen LogP contribution in [0.4, 0.5) is 10.8 Å². The van der Waals surface area contributed by atoms with Gasteiger partial charge in [0.05, 0.1) is 10.6 Å². The van der Waals surface area contributed by atoms with Gasteiger partial charge in [0.15, 0.2) is 5.13 Å². The molecule has 2 N–H and O–H groups in total. The monoisotopic (exact) mass is 529 g/mol. The second kappa shape index (κ2) is 11.4. The third kappa shape index (κ3) is 6.58. The Balaban J connectivity index is 1.68. The Bertz CT molecular complexity index is 1390. The van der Waals surface area contributed by atoms with E-state index in [-0.39, 0.29) is 17.3 Å². The van der Waals surface area contributed by atoms with Gasteiger partial charge in [-0.05, 0) is 42.0 Å². The van der Waals surface area contributed by atoms with E-state index in [1.807, 2.05) is 48.5 Å². The number of nitrogens with one attached hydrogen (secondary N) is 1. The van der Waals surface area contributed by atoms with E-state index in [0.717, 1.165) is 38.3 Å². The first-order valence-corrected chi connectivity index (χ1v) is 13.6. The summed E-state index contributed by atoms with van der Waals surface area (Å²) in [5, 5.41) is 13.3. The van der Waals surface area contributed by atoms with E-state index in [1.165, 1.54) is 0 Å². The molecule has 0 fully saturated rings. The fourth-order valence-electron chi connectivity index (χ4n) is 4.38. The van der Waals surface area contributed by atoms with Crippen LogP contribution in [0.3, 0.4) is 0 Å². The van der Waals surface area contributed by atoms with Crippen molar-refractivity contribution in [2.45, 2.75) is 64.7 Å². The first-order chi connectivity index (χ1) is 18.0. The van der Waals surface area contributed by atoms with Gasteiger partial charge in [0.2, 0.25) is 5.88 Å². The highest BCUT2D eigenvalue weighted by atomic mass is 32.1. The molecule has 198 valence electrons. The van der Waals surface area contributed by atoms with E-state index >= 15 is 0 Å². The molecule has 0 bridgehead atoms. The molecule has 0 unspecified atom stereocenters. The molecule has 0 amide bonds. The number of anilines is 2. The summed E-state index contributed by atoms with van der Waals surface area (Å²) < 4.78 is 6.35. The maximum atomic E-state index is 11.1. The maximum Gasteiger partial charge on any atom is 0.303 e. The number of thiazole rings is 1. The van der Waals surface area contributed by atoms with Crippen LogP contribution in [0, 0.1) is 0 Å². The Labute approximate surface area is 228 Å². The van der Waals surface area contributed by atoms with Crippen molar-refractivity contribution in [1.82, 2.24) is 9.97 Å². The SMILES string of the molecule is CC(C)(C)c1ccccc1Oc1ncccc1Nc1nc(C(C)(C)CCCC(=O)O)c(-c2ccccc2)s1. The van der Waals surface area contributed by atoms with Crippen LogP contribution in [0.25, 0.3) is 10.4 Å². The van der Waals surface area contributed by atoms with Crippen LogP contribution in [-0.4, -0.2) is 21.0 Å². The summed E-state index contributed by atoms with van der Waals surface area (Å²) in [5.74, 6) is 0.468. The van der Waals surface area contributed by atoms with Crippen LogP contribution >= 0.6 is 11.3 Å². The number of aliphatic carboxylic acids is 1. The summed E-state index contributed by atoms with van der Waals surface area (Å²) in [6, 6.07) is 22.0. The first kappa shape index (κ1) is 27.3. The molecule has 2 heterocycles. The molecular formula is C31H35N3O3S. The molecule has 0 atom stereocenters. The van der Waals surface area contributed by atoms with Gasteiger partial charge in [-0.25, -0.2) is 9.97 Å². The van der Waals surface area contributed by atoms with Gasteiger partial charge in [-0.3, -0.25) is 4.79 Å². The zero-order chi connectivity index (χ0) is 27.3. The number of carboxylic acids is 1. The molecule has 2 aromatic carbocycles. The summed E-state index contributed by atoms with van der Waals surface area (Å²) in [7, 11) is 0. The van der Waals surface area contributed by atoms with E-state index in [1.54, 1.807) is 17.5 Å². The number of benzene rings is 2. The second-order valence-corrected chi connectivity index (χ2v) is 12.0. The molecule has 0 saturated heterocycles. The zero-order valence-electron chi connectivity index (χ0n) is 22.6. The average molecular weight is 530 g/mol. The minimum absolute atomic E-state index is 0.0834. The maximum absolute atomic E-state index is 11.1. The number of carbonyl (C=O) groups is 1. The molecule has 0 spiro atoms. The lowest BCUT2D eigenvalue weighted by molar-refractivity contribution is -0.137. The smallest absolute Gasteiger partial charge is 0.303 e. The topological polar surface area (TPSA) is 84.3 Å². The fraction of sp³-hybridized carbons (Fsp3) is 0.323. The first-order valence-electron chi connectivity index (χ1n) is 12.8. The summed E-state index contributed by atoms with van der Waals surface area (Å²) in [6.45, 7) is 10.7. The number of hydrogen-bond donors (Lipinski definition) is 2. The number of carboxylic acid groups (broad SMARTS) is 1. The van der Waals surface area contributed by atoms with Gasteiger partial charge in [-0.2, -0.15) is 0 Å². The van der Waals surface area contributed by atoms with Gasteiger partial charge >= 0.3 is 5.97 Å². The standard InChI is InChI=1S/C31H35N3O3S/c1-30(2,3)22-15-9-10-17-24(22)37-28-23(16-12-20-32-28)33-29-34-27(31(4,5)19-11-18-25(35)36)26(38-29)21-13-7-6-8-14-21/h6-10,12-17,20H,11,18-19H2,1-5H3,(H,33,34)(H,35,36). The number of pyridine rings is 1. The summed E-state index contributed by atoms with van der Waals surface area (Å²) in [5.41, 5.74) is 3.46. The third-order valence-electron chi connectivity index (χ3n) is 6.41. The molecule has 6 nitrogen and oxygen atoms in total. The molecule has 4 aromatic rings. The Kier molecular flexibility index (Phi) is 8.17. The highest BCUT2D eigenvalue weighted by Gasteiger charge is 2.29. The molecule has 0 aliphatic heterocycles. The number of rotatable bonds is 10. The van der Waals surface area contributed by atoms with Crippen molar-refractivity contribution in [2.75, 3.05) is 5.32 Å². The van der Waals surface area contributed by atoms with Crippen molar-refractivity contribution in [2.24, 2.45) is 0 Å². The third-order valence-corrected chi connectivity index (χ3v) is 7.43. The van der Waals surface area contributed by atoms with Crippen molar-refractivity contribution >= 4 is 28.1 Å². The van der Waals surface area contributed by atoms with E-state index in [2.05, 4.69) is 63.1 Å². The van der Waals surface area contributed by atoms with Gasteiger partial charge in [0.1, 0.15) is 11.4 Å². The van der Waals surface area contributed by atoms with Crippen molar-refractivity contribution in [1.29, 1.82) is 0 Å². The van der Waals surface area contributed by atoms with Gasteiger partial charge in [-0.1, -0.05) is 94.5 Å². The average Bonchev–Trinajstić information content (AvgIpc) is 3.30. The molecule has 0 aliphatic rings. The molecule has 4 rings (SSSR count). The van der Waals surface area contributed by atoms with Crippen molar-refractivity contribution < 1.29 is 14.6 Å². The quantitative estimate of drug-likeness (QED) is 0.214. The lowest BCUT2D eigenvalue weighted by atomic mass is 9.82. The molecule has 7 heteroatoms. The Morgan fingerprint density at radius 3 is 2.39 bits per heavy atom. The predicted octanol–water partition coefficient (Wildman–Crippen LogP) is 8.57. The van der Waals surface area contributed by atoms with Gasteiger partial charge in [0.25, 0.3) is 0 Å². The van der Waals surface area contributed by atoms with Crippen LogP contribution in [0.15, 0.2) is 72.9 Å². The van der Waals surface area contributed by atoms with Crippen LogP contribution in [-0.2, 0) is 15.6 Å². The molecule has 2 aromatic heterocycles. The highest BCUT2D eigenvalue weighted by Crippen LogP contribution is 2.43. The predicted molar refractivity (Wildman–Crippen MR) is 155 cm³/mol. The number of ether oxygens (including phenoxy) is 1. The Morgan fingerprint density at radius 2 is 1.68 bits per heavy atom. The summed E-state index contributed by atoms with van der Waals surface area (Å²) in [6.07, 6.45) is 3.16. The second-order valence-electron chi connectivity index (χ2n) is 11.0. The summed E-state index contributed by atoms with van der Waals surface area (Å²) in [4.78, 5) is 21.7. The number of para-hydroxylation sites is 1. The molecule has 38 heavy (non-hydrogen) atoms. The van der Waals surface area contributed by atoms with Gasteiger partial charge in [-0.15, -0.1) is 0 Å². The van der Waals surface area contributed by atoms with Crippen molar-refractivity contribution in [3.63, 3.8) is 0 Å². The number of hydrogen-bond acceptors (Lipinski definition) is 6. The minimum Gasteiger partial charge on any atom is -0.481 e. The fourth-order valence-corrected chi connectivity index (χ4v) is 5.54. The van der Waals surface area contributed by atoms with Crippen molar-refractivity contribution in [3.8, 4) is 22.1 Å². The zero-order valence-corrected chi connectivity index (χ0v) is 23.4. The number of nitrogens with zero attached hydrogens (tertiary/aromatic N) is 2. The lowest BCUT2D eigenvalue weighted by Gasteiger charge is -2.24. The van der Waals surface area contributed by atoms with Crippen LogP contribution in [0.1, 0.15) is 65.1 Å². The molecule has 0 saturated carbocycles. The number of aromatic nitrogens is 2. The molecule has 0 aliphatic carbocycles. The normalized spacial score (nSPS) is 11.8. The summed E-state index contributed by atoms with van der Waals surface area (Å²) >= 11 is 1.57. The van der Waals surface area contributed by atoms with E-state index < -0.39 is 5.97 Å². The highest BCUT2D eigenvalue weighted by molar-refractivity contribution is 7.19. The lowest BCUT2D eigenvalue weighted by Crippen LogP contribution is -2.19. The van der Waals surface area contributed by atoms with E-state index in [0.29, 0.717) is 18.7 Å². The van der Waals surface area contributed by atoms with Crippen LogP contribution < -0.4 is 10.1 Å². The van der Waals surface area contributed by atoms with Gasteiger partial charge in [0, 0.05) is 23.6 Å². The molecule has 0 radical (unpaired) electrons.